The molecule has 21 heavy (non-hydrogen) atoms. The highest BCUT2D eigenvalue weighted by molar-refractivity contribution is 7.89. The van der Waals surface area contributed by atoms with Gasteiger partial charge in [0.15, 0.2) is 0 Å². The van der Waals surface area contributed by atoms with Gasteiger partial charge in [0.25, 0.3) is 0 Å². The Morgan fingerprint density at radius 1 is 1.10 bits per heavy atom. The van der Waals surface area contributed by atoms with E-state index in [1.165, 1.54) is 23.6 Å². The summed E-state index contributed by atoms with van der Waals surface area (Å²) in [5.74, 6) is 0. The zero-order valence-corrected chi connectivity index (χ0v) is 14.1. The molecule has 1 aliphatic carbocycles. The van der Waals surface area contributed by atoms with Crippen LogP contribution >= 0.6 is 0 Å². The molecule has 0 heterocycles. The molecule has 0 atom stereocenters. The summed E-state index contributed by atoms with van der Waals surface area (Å²) in [5.41, 5.74) is 1.20. The molecule has 0 spiro atoms. The maximum Gasteiger partial charge on any atom is 0.242 e. The molecule has 1 N–H and O–H groups in total. The lowest BCUT2D eigenvalue weighted by Gasteiger charge is -2.47. The Morgan fingerprint density at radius 2 is 1.67 bits per heavy atom. The predicted molar refractivity (Wildman–Crippen MR) is 86.1 cm³/mol. The number of nitrogens with one attached hydrogen (secondary N) is 1. The standard InChI is InChI=1S/C15H25N3O2S/c1-17(2)15(10-5-11-15)12-16-13-6-8-14(9-7-13)21(19,20)18(3)4/h6-9,16H,5,10-12H2,1-4H3. The van der Waals surface area contributed by atoms with Crippen LogP contribution in [0.25, 0.3) is 0 Å². The highest BCUT2D eigenvalue weighted by Gasteiger charge is 2.38. The number of anilines is 1. The largest absolute Gasteiger partial charge is 0.383 e. The van der Waals surface area contributed by atoms with Gasteiger partial charge in [0, 0.05) is 31.9 Å². The highest BCUT2D eigenvalue weighted by Crippen LogP contribution is 2.36. The minimum Gasteiger partial charge on any atom is -0.383 e. The minimum absolute atomic E-state index is 0.244. The van der Waals surface area contributed by atoms with Crippen molar-refractivity contribution in [1.29, 1.82) is 0 Å². The highest BCUT2D eigenvalue weighted by atomic mass is 32.2. The Hall–Kier alpha value is -1.11. The smallest absolute Gasteiger partial charge is 0.242 e. The van der Waals surface area contributed by atoms with Crippen molar-refractivity contribution in [2.24, 2.45) is 0 Å². The van der Waals surface area contributed by atoms with Gasteiger partial charge in [-0.15, -0.1) is 0 Å². The molecule has 0 aliphatic heterocycles. The van der Waals surface area contributed by atoms with E-state index in [4.69, 9.17) is 0 Å². The van der Waals surface area contributed by atoms with Crippen LogP contribution in [0.15, 0.2) is 29.2 Å². The summed E-state index contributed by atoms with van der Waals surface area (Å²) >= 11 is 0. The summed E-state index contributed by atoms with van der Waals surface area (Å²) < 4.78 is 25.2. The molecule has 118 valence electrons. The van der Waals surface area contributed by atoms with Gasteiger partial charge in [-0.1, -0.05) is 0 Å². The van der Waals surface area contributed by atoms with Crippen molar-refractivity contribution in [1.82, 2.24) is 9.21 Å². The van der Waals surface area contributed by atoms with Crippen LogP contribution in [0.4, 0.5) is 5.69 Å². The van der Waals surface area contributed by atoms with Crippen molar-refractivity contribution in [3.05, 3.63) is 24.3 Å². The number of sulfonamides is 1. The van der Waals surface area contributed by atoms with Crippen molar-refractivity contribution < 1.29 is 8.42 Å². The Bertz CT molecular complexity index is 575. The molecule has 0 radical (unpaired) electrons. The number of likely N-dealkylation sites (N-methyl/N-ethyl adjacent to an activating group) is 1. The van der Waals surface area contributed by atoms with E-state index >= 15 is 0 Å². The number of hydrogen-bond donors (Lipinski definition) is 1. The third kappa shape index (κ3) is 3.22. The maximum atomic E-state index is 12.0. The SMILES string of the molecule is CN(C)C1(CNc2ccc(S(=O)(=O)N(C)C)cc2)CCC1. The van der Waals surface area contributed by atoms with Crippen molar-refractivity contribution >= 4 is 15.7 Å². The van der Waals surface area contributed by atoms with E-state index in [0.29, 0.717) is 4.90 Å². The molecule has 0 bridgehead atoms. The normalized spacial score (nSPS) is 17.8. The van der Waals surface area contributed by atoms with Crippen LogP contribution in [0.3, 0.4) is 0 Å². The van der Waals surface area contributed by atoms with Crippen molar-refractivity contribution in [3.8, 4) is 0 Å². The summed E-state index contributed by atoms with van der Waals surface area (Å²) in [5, 5.41) is 3.43. The topological polar surface area (TPSA) is 52.7 Å². The van der Waals surface area contributed by atoms with Gasteiger partial charge in [-0.05, 0) is 57.6 Å². The molecule has 0 saturated heterocycles. The molecule has 1 saturated carbocycles. The van der Waals surface area contributed by atoms with Gasteiger partial charge in [0.2, 0.25) is 10.0 Å². The lowest BCUT2D eigenvalue weighted by Crippen LogP contribution is -2.54. The second kappa shape index (κ2) is 5.94. The third-order valence-electron chi connectivity index (χ3n) is 4.49. The number of nitrogens with zero attached hydrogens (tertiary/aromatic N) is 2. The molecular weight excluding hydrogens is 286 g/mol. The molecular formula is C15H25N3O2S. The van der Waals surface area contributed by atoms with Crippen LogP contribution in [-0.2, 0) is 10.0 Å². The van der Waals surface area contributed by atoms with Gasteiger partial charge >= 0.3 is 0 Å². The zero-order chi connectivity index (χ0) is 15.7. The average Bonchev–Trinajstić information content (AvgIpc) is 2.37. The van der Waals surface area contributed by atoms with Gasteiger partial charge in [0.1, 0.15) is 0 Å². The zero-order valence-electron chi connectivity index (χ0n) is 13.3. The van der Waals surface area contributed by atoms with Gasteiger partial charge in [-0.25, -0.2) is 12.7 Å². The molecule has 1 aromatic rings. The number of rotatable bonds is 6. The van der Waals surface area contributed by atoms with E-state index in [-0.39, 0.29) is 5.54 Å². The fourth-order valence-electron chi connectivity index (χ4n) is 2.59. The number of hydrogen-bond acceptors (Lipinski definition) is 4. The molecule has 5 nitrogen and oxygen atoms in total. The van der Waals surface area contributed by atoms with Gasteiger partial charge in [0.05, 0.1) is 4.90 Å². The molecule has 2 rings (SSSR count). The van der Waals surface area contributed by atoms with Crippen LogP contribution in [0.5, 0.6) is 0 Å². The van der Waals surface area contributed by atoms with E-state index in [2.05, 4.69) is 24.3 Å². The van der Waals surface area contributed by atoms with Crippen LogP contribution in [0, 0.1) is 0 Å². The first kappa shape index (κ1) is 16.3. The van der Waals surface area contributed by atoms with E-state index in [9.17, 15) is 8.42 Å². The Morgan fingerprint density at radius 3 is 2.05 bits per heavy atom. The van der Waals surface area contributed by atoms with Crippen molar-refractivity contribution in [3.63, 3.8) is 0 Å². The van der Waals surface area contributed by atoms with Crippen LogP contribution in [0.1, 0.15) is 19.3 Å². The fourth-order valence-corrected chi connectivity index (χ4v) is 3.49. The quantitative estimate of drug-likeness (QED) is 0.871. The molecule has 0 aromatic heterocycles. The van der Waals surface area contributed by atoms with Crippen molar-refractivity contribution in [2.75, 3.05) is 40.1 Å². The maximum absolute atomic E-state index is 12.0. The molecule has 0 unspecified atom stereocenters. The second-order valence-electron chi connectivity index (χ2n) is 6.14. The first-order chi connectivity index (χ1) is 9.78. The molecule has 6 heteroatoms. The van der Waals surface area contributed by atoms with E-state index in [1.54, 1.807) is 26.2 Å². The minimum atomic E-state index is -3.35. The molecule has 1 fully saturated rings. The molecule has 1 aromatic carbocycles. The van der Waals surface area contributed by atoms with E-state index in [1.807, 2.05) is 12.1 Å². The summed E-state index contributed by atoms with van der Waals surface area (Å²) in [7, 11) is 3.97. The first-order valence-corrected chi connectivity index (χ1v) is 8.66. The third-order valence-corrected chi connectivity index (χ3v) is 6.32. The predicted octanol–water partition coefficient (Wildman–Crippen LogP) is 1.83. The molecule has 0 amide bonds. The first-order valence-electron chi connectivity index (χ1n) is 7.22. The lowest BCUT2D eigenvalue weighted by atomic mass is 9.75. The summed E-state index contributed by atoms with van der Waals surface area (Å²) in [4.78, 5) is 2.61. The van der Waals surface area contributed by atoms with E-state index in [0.717, 1.165) is 12.2 Å². The second-order valence-corrected chi connectivity index (χ2v) is 8.29. The van der Waals surface area contributed by atoms with Crippen LogP contribution in [0.2, 0.25) is 0 Å². The summed E-state index contributed by atoms with van der Waals surface area (Å²) in [6.07, 6.45) is 3.69. The Balaban J connectivity index is 2.04. The fraction of sp³-hybridized carbons (Fsp3) is 0.600. The number of benzene rings is 1. The Labute approximate surface area is 128 Å². The Kier molecular flexibility index (Phi) is 4.60. The van der Waals surface area contributed by atoms with Gasteiger partial charge in [-0.3, -0.25) is 0 Å². The molecule has 1 aliphatic rings. The average molecular weight is 311 g/mol. The van der Waals surface area contributed by atoms with E-state index < -0.39 is 10.0 Å². The van der Waals surface area contributed by atoms with Gasteiger partial charge in [-0.2, -0.15) is 0 Å². The van der Waals surface area contributed by atoms with Gasteiger partial charge < -0.3 is 10.2 Å². The van der Waals surface area contributed by atoms with Crippen molar-refractivity contribution in [2.45, 2.75) is 29.7 Å². The van der Waals surface area contributed by atoms with Crippen LogP contribution in [-0.4, -0.2) is 57.9 Å². The summed E-state index contributed by atoms with van der Waals surface area (Å²) in [6.45, 7) is 0.889. The lowest BCUT2D eigenvalue weighted by molar-refractivity contribution is 0.0739. The monoisotopic (exact) mass is 311 g/mol. The van der Waals surface area contributed by atoms with Crippen LogP contribution < -0.4 is 5.32 Å². The summed E-state index contributed by atoms with van der Waals surface area (Å²) in [6, 6.07) is 6.97.